The Bertz CT molecular complexity index is 252. The summed E-state index contributed by atoms with van der Waals surface area (Å²) in [5.74, 6) is 0. The van der Waals surface area contributed by atoms with Crippen LogP contribution < -0.4 is 5.32 Å². The van der Waals surface area contributed by atoms with Gasteiger partial charge in [0.1, 0.15) is 6.73 Å². The monoisotopic (exact) mass is 187 g/mol. The Morgan fingerprint density at radius 3 is 2.67 bits per heavy atom. The van der Waals surface area contributed by atoms with E-state index in [1.807, 2.05) is 30.3 Å². The molecule has 0 radical (unpaired) electrons. The fourth-order valence-electron chi connectivity index (χ4n) is 0.737. The quantitative estimate of drug-likeness (QED) is 0.553. The summed E-state index contributed by atoms with van der Waals surface area (Å²) in [4.78, 5) is 8.31. The number of hydrogen-bond acceptors (Lipinski definition) is 3. The van der Waals surface area contributed by atoms with Crippen LogP contribution >= 0.6 is 8.25 Å². The molecule has 0 bridgehead atoms. The van der Waals surface area contributed by atoms with Gasteiger partial charge in [-0.3, -0.25) is 9.09 Å². The normalized spacial score (nSPS) is 12.4. The van der Waals surface area contributed by atoms with Crippen molar-refractivity contribution < 1.29 is 14.0 Å². The van der Waals surface area contributed by atoms with E-state index in [1.165, 1.54) is 0 Å². The summed E-state index contributed by atoms with van der Waals surface area (Å²) < 4.78 is 14.5. The summed E-state index contributed by atoms with van der Waals surface area (Å²) in [6, 6.07) is 9.31. The Morgan fingerprint density at radius 2 is 2.08 bits per heavy atom. The van der Waals surface area contributed by atoms with Gasteiger partial charge in [-0.25, -0.2) is 0 Å². The third-order valence-electron chi connectivity index (χ3n) is 1.25. The summed E-state index contributed by atoms with van der Waals surface area (Å²) in [7, 11) is -2.82. The SMILES string of the molecule is O=[PH](O)OCNc1ccccc1. The van der Waals surface area contributed by atoms with E-state index in [0.29, 0.717) is 0 Å². The van der Waals surface area contributed by atoms with Gasteiger partial charge >= 0.3 is 8.25 Å². The van der Waals surface area contributed by atoms with Crippen LogP contribution in [0.25, 0.3) is 0 Å². The van der Waals surface area contributed by atoms with Crippen molar-refractivity contribution in [1.82, 2.24) is 0 Å². The molecule has 0 fully saturated rings. The molecular weight excluding hydrogens is 177 g/mol. The van der Waals surface area contributed by atoms with Crippen LogP contribution in [-0.4, -0.2) is 11.6 Å². The third kappa shape index (κ3) is 3.53. The van der Waals surface area contributed by atoms with E-state index in [-0.39, 0.29) is 6.73 Å². The topological polar surface area (TPSA) is 58.6 Å². The third-order valence-corrected chi connectivity index (χ3v) is 1.64. The maximum Gasteiger partial charge on any atom is 0.318 e. The number of hydrogen-bond donors (Lipinski definition) is 2. The Hall–Kier alpha value is -0.830. The second-order valence-corrected chi connectivity index (χ2v) is 2.92. The van der Waals surface area contributed by atoms with Gasteiger partial charge in [-0.1, -0.05) is 18.2 Å². The van der Waals surface area contributed by atoms with Crippen LogP contribution in [0.1, 0.15) is 0 Å². The molecule has 5 heteroatoms. The molecule has 0 aliphatic rings. The molecule has 0 saturated carbocycles. The second kappa shape index (κ2) is 4.93. The van der Waals surface area contributed by atoms with Gasteiger partial charge in [-0.2, -0.15) is 0 Å². The van der Waals surface area contributed by atoms with Gasteiger partial charge in [-0.05, 0) is 12.1 Å². The molecule has 0 spiro atoms. The smallest absolute Gasteiger partial charge is 0.318 e. The molecule has 0 aliphatic heterocycles. The van der Waals surface area contributed by atoms with Crippen LogP contribution in [0.15, 0.2) is 30.3 Å². The average molecular weight is 187 g/mol. The zero-order valence-electron chi connectivity index (χ0n) is 6.36. The molecule has 1 aromatic carbocycles. The van der Waals surface area contributed by atoms with Crippen LogP contribution in [0.5, 0.6) is 0 Å². The lowest BCUT2D eigenvalue weighted by Crippen LogP contribution is -2.01. The van der Waals surface area contributed by atoms with Crippen LogP contribution in [0.2, 0.25) is 0 Å². The Morgan fingerprint density at radius 1 is 1.42 bits per heavy atom. The first-order chi connectivity index (χ1) is 5.79. The van der Waals surface area contributed by atoms with Gasteiger partial charge in [0.2, 0.25) is 0 Å². The van der Waals surface area contributed by atoms with Gasteiger partial charge in [0.15, 0.2) is 0 Å². The average Bonchev–Trinajstić information content (AvgIpc) is 2.05. The number of anilines is 1. The predicted molar refractivity (Wildman–Crippen MR) is 47.2 cm³/mol. The van der Waals surface area contributed by atoms with Gasteiger partial charge in [0, 0.05) is 5.69 Å². The Balaban J connectivity index is 2.29. The van der Waals surface area contributed by atoms with Gasteiger partial charge in [0.25, 0.3) is 0 Å². The minimum Gasteiger partial charge on any atom is -0.362 e. The number of nitrogens with one attached hydrogen (secondary N) is 1. The molecule has 1 unspecified atom stereocenters. The minimum absolute atomic E-state index is 0.0539. The molecule has 1 atom stereocenters. The number of rotatable bonds is 4. The molecule has 0 aliphatic carbocycles. The lowest BCUT2D eigenvalue weighted by atomic mass is 10.3. The van der Waals surface area contributed by atoms with E-state index in [0.717, 1.165) is 5.69 Å². The first-order valence-corrected chi connectivity index (χ1v) is 4.70. The van der Waals surface area contributed by atoms with E-state index in [9.17, 15) is 4.57 Å². The van der Waals surface area contributed by atoms with Crippen LogP contribution in [0.4, 0.5) is 5.69 Å². The van der Waals surface area contributed by atoms with Crippen molar-refractivity contribution in [2.75, 3.05) is 12.0 Å². The maximum absolute atomic E-state index is 10.1. The summed E-state index contributed by atoms with van der Waals surface area (Å²) in [6.45, 7) is 0.0539. The summed E-state index contributed by atoms with van der Waals surface area (Å²) in [6.07, 6.45) is 0. The van der Waals surface area contributed by atoms with Crippen molar-refractivity contribution in [3.8, 4) is 0 Å². The highest BCUT2D eigenvalue weighted by Gasteiger charge is 1.91. The zero-order valence-corrected chi connectivity index (χ0v) is 7.36. The van der Waals surface area contributed by atoms with Crippen molar-refractivity contribution in [3.05, 3.63) is 30.3 Å². The summed E-state index contributed by atoms with van der Waals surface area (Å²) >= 11 is 0. The standard InChI is InChI=1S/C7H10NO3P/c9-12(10)11-6-8-7-4-2-1-3-5-7/h1-5,8,12H,6H2,(H,9,10). The van der Waals surface area contributed by atoms with Crippen molar-refractivity contribution in [3.63, 3.8) is 0 Å². The van der Waals surface area contributed by atoms with Gasteiger partial charge in [-0.15, -0.1) is 0 Å². The molecule has 2 N–H and O–H groups in total. The van der Waals surface area contributed by atoms with Crippen molar-refractivity contribution >= 4 is 13.9 Å². The lowest BCUT2D eigenvalue weighted by Gasteiger charge is -2.03. The lowest BCUT2D eigenvalue weighted by molar-refractivity contribution is 0.302. The highest BCUT2D eigenvalue weighted by Crippen LogP contribution is 2.14. The second-order valence-electron chi connectivity index (χ2n) is 2.10. The molecule has 0 amide bonds. The van der Waals surface area contributed by atoms with E-state index in [2.05, 4.69) is 9.84 Å². The first-order valence-electron chi connectivity index (χ1n) is 3.43. The molecular formula is C7H10NO3P. The molecule has 4 nitrogen and oxygen atoms in total. The minimum atomic E-state index is -2.82. The first kappa shape index (κ1) is 9.26. The van der Waals surface area contributed by atoms with Crippen LogP contribution in [0, 0.1) is 0 Å². The molecule has 12 heavy (non-hydrogen) atoms. The molecule has 66 valence electrons. The highest BCUT2D eigenvalue weighted by atomic mass is 31.1. The molecule has 0 saturated heterocycles. The van der Waals surface area contributed by atoms with Crippen molar-refractivity contribution in [1.29, 1.82) is 0 Å². The maximum atomic E-state index is 10.1. The van der Waals surface area contributed by atoms with E-state index < -0.39 is 8.25 Å². The molecule has 0 heterocycles. The molecule has 0 aromatic heterocycles. The fourth-order valence-corrected chi connectivity index (χ4v) is 0.933. The van der Waals surface area contributed by atoms with Crippen molar-refractivity contribution in [2.24, 2.45) is 0 Å². The van der Waals surface area contributed by atoms with Crippen molar-refractivity contribution in [2.45, 2.75) is 0 Å². The van der Waals surface area contributed by atoms with Gasteiger partial charge < -0.3 is 10.2 Å². The van der Waals surface area contributed by atoms with Crippen LogP contribution in [-0.2, 0) is 9.09 Å². The predicted octanol–water partition coefficient (Wildman–Crippen LogP) is 1.45. The number of benzene rings is 1. The van der Waals surface area contributed by atoms with E-state index in [4.69, 9.17) is 4.89 Å². The fraction of sp³-hybridized carbons (Fsp3) is 0.143. The molecule has 1 rings (SSSR count). The largest absolute Gasteiger partial charge is 0.362 e. The van der Waals surface area contributed by atoms with E-state index >= 15 is 0 Å². The van der Waals surface area contributed by atoms with E-state index in [1.54, 1.807) is 0 Å². The summed E-state index contributed by atoms with van der Waals surface area (Å²) in [5.41, 5.74) is 0.862. The molecule has 1 aromatic rings. The zero-order chi connectivity index (χ0) is 8.81. The Labute approximate surface area is 71.1 Å². The van der Waals surface area contributed by atoms with Crippen LogP contribution in [0.3, 0.4) is 0 Å². The number of para-hydroxylation sites is 1. The Kier molecular flexibility index (Phi) is 3.80. The summed E-state index contributed by atoms with van der Waals surface area (Å²) in [5, 5.41) is 2.82. The van der Waals surface area contributed by atoms with Gasteiger partial charge in [0.05, 0.1) is 0 Å². The highest BCUT2D eigenvalue weighted by molar-refractivity contribution is 7.32.